The first kappa shape index (κ1) is 12.9. The van der Waals surface area contributed by atoms with Crippen LogP contribution in [-0.2, 0) is 0 Å². The lowest BCUT2D eigenvalue weighted by Crippen LogP contribution is -2.30. The van der Waals surface area contributed by atoms with Crippen LogP contribution in [0.1, 0.15) is 26.7 Å². The lowest BCUT2D eigenvalue weighted by Gasteiger charge is -2.18. The van der Waals surface area contributed by atoms with E-state index in [1.165, 1.54) is 12.8 Å². The summed E-state index contributed by atoms with van der Waals surface area (Å²) < 4.78 is 0. The number of aliphatic hydroxyl groups excluding tert-OH is 1. The van der Waals surface area contributed by atoms with Gasteiger partial charge in [-0.15, -0.1) is 0 Å². The minimum absolute atomic E-state index is 0.274. The SMILES string of the molecule is CCCNCCCN(CC)CCO. The van der Waals surface area contributed by atoms with Gasteiger partial charge in [-0.3, -0.25) is 0 Å². The summed E-state index contributed by atoms with van der Waals surface area (Å²) in [4.78, 5) is 2.27. The van der Waals surface area contributed by atoms with Gasteiger partial charge in [0.2, 0.25) is 0 Å². The highest BCUT2D eigenvalue weighted by Gasteiger charge is 1.99. The Bertz CT molecular complexity index is 98.9. The molecular weight excluding hydrogens is 164 g/mol. The molecule has 0 aliphatic heterocycles. The molecule has 0 aromatic heterocycles. The van der Waals surface area contributed by atoms with Gasteiger partial charge in [-0.25, -0.2) is 0 Å². The van der Waals surface area contributed by atoms with E-state index in [0.717, 1.165) is 32.7 Å². The van der Waals surface area contributed by atoms with Gasteiger partial charge in [0, 0.05) is 6.54 Å². The van der Waals surface area contributed by atoms with Gasteiger partial charge >= 0.3 is 0 Å². The van der Waals surface area contributed by atoms with Crippen molar-refractivity contribution in [2.24, 2.45) is 0 Å². The summed E-state index contributed by atoms with van der Waals surface area (Å²) in [6.45, 7) is 9.73. The monoisotopic (exact) mass is 188 g/mol. The number of hydrogen-bond donors (Lipinski definition) is 2. The molecule has 0 heterocycles. The van der Waals surface area contributed by atoms with Gasteiger partial charge in [-0.1, -0.05) is 13.8 Å². The van der Waals surface area contributed by atoms with E-state index in [9.17, 15) is 0 Å². The number of hydrogen-bond acceptors (Lipinski definition) is 3. The molecular formula is C10H24N2O. The van der Waals surface area contributed by atoms with Crippen molar-refractivity contribution in [2.45, 2.75) is 26.7 Å². The third-order valence-electron chi connectivity index (χ3n) is 2.12. The average molecular weight is 188 g/mol. The second kappa shape index (κ2) is 9.96. The van der Waals surface area contributed by atoms with Crippen molar-refractivity contribution in [3.63, 3.8) is 0 Å². The zero-order valence-corrected chi connectivity index (χ0v) is 9.05. The Labute approximate surface area is 82.1 Å². The van der Waals surface area contributed by atoms with Crippen LogP contribution in [0.5, 0.6) is 0 Å². The third-order valence-corrected chi connectivity index (χ3v) is 2.12. The predicted molar refractivity (Wildman–Crippen MR) is 57.0 cm³/mol. The summed E-state index contributed by atoms with van der Waals surface area (Å²) in [5.74, 6) is 0. The van der Waals surface area contributed by atoms with E-state index < -0.39 is 0 Å². The first-order valence-electron chi connectivity index (χ1n) is 5.39. The van der Waals surface area contributed by atoms with Crippen molar-refractivity contribution < 1.29 is 5.11 Å². The number of aliphatic hydroxyl groups is 1. The van der Waals surface area contributed by atoms with Gasteiger partial charge in [0.25, 0.3) is 0 Å². The molecule has 0 rings (SSSR count). The Morgan fingerprint density at radius 1 is 1.15 bits per heavy atom. The van der Waals surface area contributed by atoms with E-state index in [1.807, 2.05) is 0 Å². The van der Waals surface area contributed by atoms with E-state index in [1.54, 1.807) is 0 Å². The molecule has 0 bridgehead atoms. The molecule has 0 aliphatic rings. The van der Waals surface area contributed by atoms with Crippen molar-refractivity contribution in [1.29, 1.82) is 0 Å². The summed E-state index contributed by atoms with van der Waals surface area (Å²) in [5, 5.41) is 12.1. The number of nitrogens with zero attached hydrogens (tertiary/aromatic N) is 1. The van der Waals surface area contributed by atoms with E-state index in [2.05, 4.69) is 24.1 Å². The summed E-state index contributed by atoms with van der Waals surface area (Å²) in [6, 6.07) is 0. The number of nitrogens with one attached hydrogen (secondary N) is 1. The fourth-order valence-electron chi connectivity index (χ4n) is 1.30. The molecule has 0 saturated carbocycles. The zero-order valence-electron chi connectivity index (χ0n) is 9.05. The Morgan fingerprint density at radius 2 is 1.92 bits per heavy atom. The molecule has 0 aliphatic carbocycles. The Hall–Kier alpha value is -0.120. The quantitative estimate of drug-likeness (QED) is 0.523. The first-order valence-corrected chi connectivity index (χ1v) is 5.39. The van der Waals surface area contributed by atoms with Gasteiger partial charge in [0.15, 0.2) is 0 Å². The van der Waals surface area contributed by atoms with Crippen LogP contribution in [0.15, 0.2) is 0 Å². The molecule has 3 nitrogen and oxygen atoms in total. The van der Waals surface area contributed by atoms with Crippen LogP contribution in [-0.4, -0.2) is 49.3 Å². The van der Waals surface area contributed by atoms with Gasteiger partial charge in [0.05, 0.1) is 6.61 Å². The minimum Gasteiger partial charge on any atom is -0.395 e. The van der Waals surface area contributed by atoms with Gasteiger partial charge in [0.1, 0.15) is 0 Å². The largest absolute Gasteiger partial charge is 0.395 e. The molecule has 0 saturated heterocycles. The Morgan fingerprint density at radius 3 is 2.46 bits per heavy atom. The summed E-state index contributed by atoms with van der Waals surface area (Å²) >= 11 is 0. The predicted octanol–water partition coefficient (Wildman–Crippen LogP) is 0.690. The van der Waals surface area contributed by atoms with Gasteiger partial charge < -0.3 is 15.3 Å². The zero-order chi connectivity index (χ0) is 9.94. The van der Waals surface area contributed by atoms with Crippen LogP contribution in [0.3, 0.4) is 0 Å². The lowest BCUT2D eigenvalue weighted by molar-refractivity contribution is 0.200. The Kier molecular flexibility index (Phi) is 9.87. The van der Waals surface area contributed by atoms with Crippen LogP contribution >= 0.6 is 0 Å². The fraction of sp³-hybridized carbons (Fsp3) is 1.00. The van der Waals surface area contributed by atoms with Crippen LogP contribution < -0.4 is 5.32 Å². The molecule has 0 spiro atoms. The molecule has 0 atom stereocenters. The average Bonchev–Trinajstić information content (AvgIpc) is 2.16. The van der Waals surface area contributed by atoms with Crippen molar-refractivity contribution in [3.8, 4) is 0 Å². The van der Waals surface area contributed by atoms with Crippen LogP contribution in [0, 0.1) is 0 Å². The normalized spacial score (nSPS) is 11.1. The maximum Gasteiger partial charge on any atom is 0.0558 e. The minimum atomic E-state index is 0.274. The maximum atomic E-state index is 8.75. The molecule has 0 fully saturated rings. The third kappa shape index (κ3) is 8.22. The van der Waals surface area contributed by atoms with Gasteiger partial charge in [-0.2, -0.15) is 0 Å². The highest BCUT2D eigenvalue weighted by atomic mass is 16.3. The second-order valence-corrected chi connectivity index (χ2v) is 3.26. The second-order valence-electron chi connectivity index (χ2n) is 3.26. The molecule has 0 aromatic rings. The van der Waals surface area contributed by atoms with Crippen molar-refractivity contribution >= 4 is 0 Å². The number of likely N-dealkylation sites (N-methyl/N-ethyl adjacent to an activating group) is 1. The summed E-state index contributed by atoms with van der Waals surface area (Å²) in [7, 11) is 0. The molecule has 2 N–H and O–H groups in total. The molecule has 0 aromatic carbocycles. The van der Waals surface area contributed by atoms with E-state index in [4.69, 9.17) is 5.11 Å². The standard InChI is InChI=1S/C10H24N2O/c1-3-6-11-7-5-8-12(4-2)9-10-13/h11,13H,3-10H2,1-2H3. The molecule has 0 radical (unpaired) electrons. The molecule has 0 unspecified atom stereocenters. The van der Waals surface area contributed by atoms with E-state index >= 15 is 0 Å². The fourth-order valence-corrected chi connectivity index (χ4v) is 1.30. The van der Waals surface area contributed by atoms with Crippen molar-refractivity contribution in [2.75, 3.05) is 39.3 Å². The summed E-state index contributed by atoms with van der Waals surface area (Å²) in [5.41, 5.74) is 0. The van der Waals surface area contributed by atoms with Crippen molar-refractivity contribution in [1.82, 2.24) is 10.2 Å². The van der Waals surface area contributed by atoms with E-state index in [0.29, 0.717) is 0 Å². The highest BCUT2D eigenvalue weighted by Crippen LogP contribution is 1.89. The Balaban J connectivity index is 3.17. The smallest absolute Gasteiger partial charge is 0.0558 e. The molecule has 13 heavy (non-hydrogen) atoms. The van der Waals surface area contributed by atoms with Crippen LogP contribution in [0.2, 0.25) is 0 Å². The van der Waals surface area contributed by atoms with Crippen LogP contribution in [0.25, 0.3) is 0 Å². The van der Waals surface area contributed by atoms with Crippen molar-refractivity contribution in [3.05, 3.63) is 0 Å². The topological polar surface area (TPSA) is 35.5 Å². The lowest BCUT2D eigenvalue weighted by atomic mass is 10.3. The maximum absolute atomic E-state index is 8.75. The molecule has 3 heteroatoms. The summed E-state index contributed by atoms with van der Waals surface area (Å²) in [6.07, 6.45) is 2.38. The van der Waals surface area contributed by atoms with Crippen LogP contribution in [0.4, 0.5) is 0 Å². The van der Waals surface area contributed by atoms with E-state index in [-0.39, 0.29) is 6.61 Å². The first-order chi connectivity index (χ1) is 6.35. The number of rotatable bonds is 9. The molecule has 80 valence electrons. The van der Waals surface area contributed by atoms with Gasteiger partial charge in [-0.05, 0) is 39.0 Å². The molecule has 0 amide bonds. The highest BCUT2D eigenvalue weighted by molar-refractivity contribution is 4.56.